The normalized spacial score (nSPS) is 12.5. The second-order valence-corrected chi connectivity index (χ2v) is 6.33. The van der Waals surface area contributed by atoms with E-state index in [1.807, 2.05) is 6.20 Å². The largest absolute Gasteiger partial charge is 0.361 e. The zero-order valence-electron chi connectivity index (χ0n) is 12.8. The molecule has 0 spiro atoms. The summed E-state index contributed by atoms with van der Waals surface area (Å²) in [7, 11) is 0. The van der Waals surface area contributed by atoms with Crippen LogP contribution in [-0.2, 0) is 6.42 Å². The maximum atomic E-state index is 5.47. The predicted molar refractivity (Wildman–Crippen MR) is 87.5 cm³/mol. The van der Waals surface area contributed by atoms with Crippen molar-refractivity contribution in [3.63, 3.8) is 0 Å². The molecule has 0 fully saturated rings. The molecule has 2 heterocycles. The number of aromatic nitrogens is 3. The van der Waals surface area contributed by atoms with Crippen molar-refractivity contribution in [3.8, 4) is 0 Å². The van der Waals surface area contributed by atoms with Crippen molar-refractivity contribution < 1.29 is 0 Å². The smallest absolute Gasteiger partial charge is 0.145 e. The molecule has 0 aromatic carbocycles. The summed E-state index contributed by atoms with van der Waals surface area (Å²) in [6.07, 6.45) is 2.95. The molecule has 1 unspecified atom stereocenters. The Morgan fingerprint density at radius 1 is 1.24 bits per heavy atom. The lowest BCUT2D eigenvalue weighted by molar-refractivity contribution is 0.768. The second kappa shape index (κ2) is 6.82. The van der Waals surface area contributed by atoms with Gasteiger partial charge in [-0.05, 0) is 13.3 Å². The number of aryl methyl sites for hydroxylation is 1. The van der Waals surface area contributed by atoms with Gasteiger partial charge in [-0.25, -0.2) is 20.8 Å². The van der Waals surface area contributed by atoms with Gasteiger partial charge in [0.2, 0.25) is 0 Å². The van der Waals surface area contributed by atoms with Crippen LogP contribution in [0, 0.1) is 0 Å². The highest BCUT2D eigenvalue weighted by atomic mass is 32.1. The molecular formula is C14H22N6S. The Balaban J connectivity index is 2.19. The average Bonchev–Trinajstić information content (AvgIpc) is 2.95. The molecule has 0 aliphatic rings. The van der Waals surface area contributed by atoms with Gasteiger partial charge in [-0.2, -0.15) is 0 Å². The first-order chi connectivity index (χ1) is 10.0. The fourth-order valence-electron chi connectivity index (χ4n) is 1.84. The molecule has 2 aromatic heterocycles. The van der Waals surface area contributed by atoms with Crippen LogP contribution >= 0.6 is 11.3 Å². The molecule has 0 saturated carbocycles. The van der Waals surface area contributed by atoms with Gasteiger partial charge < -0.3 is 10.7 Å². The molecule has 6 nitrogen and oxygen atoms in total. The number of nitrogen functional groups attached to an aromatic ring is 1. The van der Waals surface area contributed by atoms with Crippen LogP contribution in [0.25, 0.3) is 0 Å². The van der Waals surface area contributed by atoms with Crippen molar-refractivity contribution in [2.75, 3.05) is 10.7 Å². The van der Waals surface area contributed by atoms with Crippen LogP contribution in [0.1, 0.15) is 55.4 Å². The Hall–Kier alpha value is -1.73. The Labute approximate surface area is 129 Å². The fraction of sp³-hybridized carbons (Fsp3) is 0.500. The van der Waals surface area contributed by atoms with Gasteiger partial charge in [0.15, 0.2) is 0 Å². The lowest BCUT2D eigenvalue weighted by Crippen LogP contribution is -2.14. The molecule has 21 heavy (non-hydrogen) atoms. The van der Waals surface area contributed by atoms with Crippen LogP contribution in [0.15, 0.2) is 12.3 Å². The highest BCUT2D eigenvalue weighted by molar-refractivity contribution is 7.11. The van der Waals surface area contributed by atoms with E-state index < -0.39 is 0 Å². The Morgan fingerprint density at radius 2 is 1.95 bits per heavy atom. The van der Waals surface area contributed by atoms with Gasteiger partial charge in [0.05, 0.1) is 6.04 Å². The minimum atomic E-state index is 0.0934. The topological polar surface area (TPSA) is 88.8 Å². The number of nitrogens with zero attached hydrogens (tertiary/aromatic N) is 3. The summed E-state index contributed by atoms with van der Waals surface area (Å²) in [5.74, 6) is 7.83. The van der Waals surface area contributed by atoms with E-state index in [9.17, 15) is 0 Å². The third-order valence-corrected chi connectivity index (χ3v) is 4.39. The van der Waals surface area contributed by atoms with Crippen LogP contribution in [-0.4, -0.2) is 15.0 Å². The Kier molecular flexibility index (Phi) is 5.08. The quantitative estimate of drug-likeness (QED) is 0.561. The molecule has 2 rings (SSSR count). The first kappa shape index (κ1) is 15.7. The van der Waals surface area contributed by atoms with Gasteiger partial charge in [-0.15, -0.1) is 11.3 Å². The lowest BCUT2D eigenvalue weighted by Gasteiger charge is -2.15. The zero-order chi connectivity index (χ0) is 15.4. The number of hydrazine groups is 1. The molecule has 0 bridgehead atoms. The number of thiazole rings is 1. The standard InChI is InChI=1S/C14H22N6S/c1-5-10-7-16-14(21-10)9(4)17-11-6-12(20-15)19-13(18-11)8(2)3/h6-9H,5,15H2,1-4H3,(H2,17,18,19,20). The predicted octanol–water partition coefficient (Wildman–Crippen LogP) is 3.08. The van der Waals surface area contributed by atoms with Gasteiger partial charge >= 0.3 is 0 Å². The average molecular weight is 306 g/mol. The van der Waals surface area contributed by atoms with Crippen molar-refractivity contribution in [3.05, 3.63) is 28.0 Å². The molecule has 4 N–H and O–H groups in total. The fourth-order valence-corrected chi connectivity index (χ4v) is 2.70. The first-order valence-corrected chi connectivity index (χ1v) is 7.91. The van der Waals surface area contributed by atoms with E-state index >= 15 is 0 Å². The summed E-state index contributed by atoms with van der Waals surface area (Å²) in [4.78, 5) is 14.6. The Morgan fingerprint density at radius 3 is 2.52 bits per heavy atom. The molecule has 0 saturated heterocycles. The van der Waals surface area contributed by atoms with Crippen LogP contribution in [0.2, 0.25) is 0 Å². The summed E-state index contributed by atoms with van der Waals surface area (Å²) in [6, 6.07) is 1.90. The van der Waals surface area contributed by atoms with Crippen molar-refractivity contribution >= 4 is 23.0 Å². The molecule has 114 valence electrons. The van der Waals surface area contributed by atoms with E-state index in [-0.39, 0.29) is 12.0 Å². The molecule has 7 heteroatoms. The van der Waals surface area contributed by atoms with E-state index in [1.54, 1.807) is 17.4 Å². The van der Waals surface area contributed by atoms with Crippen LogP contribution < -0.4 is 16.6 Å². The van der Waals surface area contributed by atoms with Gasteiger partial charge in [0, 0.05) is 23.1 Å². The maximum absolute atomic E-state index is 5.47. The van der Waals surface area contributed by atoms with E-state index in [4.69, 9.17) is 5.84 Å². The summed E-state index contributed by atoms with van der Waals surface area (Å²) in [5.41, 5.74) is 2.58. The van der Waals surface area contributed by atoms with Gasteiger partial charge in [0.25, 0.3) is 0 Å². The number of anilines is 2. The SMILES string of the molecule is CCc1cnc(C(C)Nc2cc(NN)nc(C(C)C)n2)s1. The summed E-state index contributed by atoms with van der Waals surface area (Å²) in [6.45, 7) is 8.31. The van der Waals surface area contributed by atoms with E-state index in [0.717, 1.165) is 23.1 Å². The number of rotatable bonds is 6. The molecule has 2 aromatic rings. The molecular weight excluding hydrogens is 284 g/mol. The van der Waals surface area contributed by atoms with Crippen molar-refractivity contribution in [1.82, 2.24) is 15.0 Å². The number of hydrogen-bond acceptors (Lipinski definition) is 7. The molecule has 0 amide bonds. The number of hydrogen-bond donors (Lipinski definition) is 3. The molecule has 1 atom stereocenters. The summed E-state index contributed by atoms with van der Waals surface area (Å²) < 4.78 is 0. The van der Waals surface area contributed by atoms with E-state index in [2.05, 4.69) is 53.4 Å². The third-order valence-electron chi connectivity index (χ3n) is 3.06. The van der Waals surface area contributed by atoms with E-state index in [0.29, 0.717) is 5.82 Å². The zero-order valence-corrected chi connectivity index (χ0v) is 13.7. The Bertz CT molecular complexity index is 595. The van der Waals surface area contributed by atoms with Crippen LogP contribution in [0.4, 0.5) is 11.6 Å². The second-order valence-electron chi connectivity index (χ2n) is 5.18. The van der Waals surface area contributed by atoms with Crippen molar-refractivity contribution in [2.24, 2.45) is 5.84 Å². The number of nitrogens with one attached hydrogen (secondary N) is 2. The molecule has 0 radical (unpaired) electrons. The number of nitrogens with two attached hydrogens (primary N) is 1. The van der Waals surface area contributed by atoms with Crippen LogP contribution in [0.5, 0.6) is 0 Å². The summed E-state index contributed by atoms with van der Waals surface area (Å²) in [5, 5.41) is 4.42. The van der Waals surface area contributed by atoms with Crippen molar-refractivity contribution in [1.29, 1.82) is 0 Å². The van der Waals surface area contributed by atoms with Gasteiger partial charge in [0.1, 0.15) is 22.5 Å². The molecule has 0 aliphatic heterocycles. The third kappa shape index (κ3) is 3.89. The minimum Gasteiger partial charge on any atom is -0.361 e. The molecule has 0 aliphatic carbocycles. The maximum Gasteiger partial charge on any atom is 0.145 e. The highest BCUT2D eigenvalue weighted by Gasteiger charge is 2.13. The van der Waals surface area contributed by atoms with Gasteiger partial charge in [-0.1, -0.05) is 20.8 Å². The first-order valence-electron chi connectivity index (χ1n) is 7.10. The monoisotopic (exact) mass is 306 g/mol. The van der Waals surface area contributed by atoms with Gasteiger partial charge in [-0.3, -0.25) is 0 Å². The highest BCUT2D eigenvalue weighted by Crippen LogP contribution is 2.24. The van der Waals surface area contributed by atoms with Crippen LogP contribution in [0.3, 0.4) is 0 Å². The summed E-state index contributed by atoms with van der Waals surface area (Å²) >= 11 is 1.72. The van der Waals surface area contributed by atoms with E-state index in [1.165, 1.54) is 4.88 Å². The van der Waals surface area contributed by atoms with Crippen molar-refractivity contribution in [2.45, 2.75) is 46.1 Å². The minimum absolute atomic E-state index is 0.0934. The lowest BCUT2D eigenvalue weighted by atomic mass is 10.2.